The molecule has 7 nitrogen and oxygen atoms in total. The van der Waals surface area contributed by atoms with Crippen molar-refractivity contribution in [1.29, 1.82) is 0 Å². The molecule has 1 amide bonds. The number of hydrogen-bond acceptors (Lipinski definition) is 5. The molecule has 1 aliphatic rings. The fourth-order valence-electron chi connectivity index (χ4n) is 1.56. The quantitative estimate of drug-likeness (QED) is 0.698. The summed E-state index contributed by atoms with van der Waals surface area (Å²) in [5.74, 6) is -1.11. The van der Waals surface area contributed by atoms with E-state index in [1.54, 1.807) is 12.1 Å². The third-order valence-corrected chi connectivity index (χ3v) is 2.51. The van der Waals surface area contributed by atoms with Gasteiger partial charge in [0.2, 0.25) is 6.10 Å². The number of anilines is 1. The van der Waals surface area contributed by atoms with Crippen molar-refractivity contribution in [3.05, 3.63) is 18.3 Å². The number of carbonyl (C=O) groups is 2. The normalized spacial score (nSPS) is 20.5. The SMILES string of the molecule is CN1C(=O)C(C(N)C(=O)O)Oc2cccnc21. The van der Waals surface area contributed by atoms with Crippen LogP contribution in [0, 0.1) is 0 Å². The molecule has 0 radical (unpaired) electrons. The van der Waals surface area contributed by atoms with Gasteiger partial charge in [-0.2, -0.15) is 0 Å². The maximum absolute atomic E-state index is 11.9. The predicted octanol–water partition coefficient (Wildman–Crippen LogP) is -0.783. The van der Waals surface area contributed by atoms with Gasteiger partial charge in [0.05, 0.1) is 0 Å². The molecule has 17 heavy (non-hydrogen) atoms. The van der Waals surface area contributed by atoms with Crippen molar-refractivity contribution in [3.8, 4) is 5.75 Å². The summed E-state index contributed by atoms with van der Waals surface area (Å²) in [6.45, 7) is 0. The van der Waals surface area contributed by atoms with E-state index in [4.69, 9.17) is 15.6 Å². The first kappa shape index (κ1) is 11.3. The second kappa shape index (κ2) is 4.02. The number of ether oxygens (including phenoxy) is 1. The van der Waals surface area contributed by atoms with Crippen LogP contribution in [0.5, 0.6) is 5.75 Å². The molecule has 1 aromatic rings. The monoisotopic (exact) mass is 237 g/mol. The highest BCUT2D eigenvalue weighted by Crippen LogP contribution is 2.30. The molecular weight excluding hydrogens is 226 g/mol. The van der Waals surface area contributed by atoms with Gasteiger partial charge in [0.25, 0.3) is 5.91 Å². The average Bonchev–Trinajstić information content (AvgIpc) is 2.33. The average molecular weight is 237 g/mol. The minimum atomic E-state index is -1.40. The number of amides is 1. The van der Waals surface area contributed by atoms with E-state index in [1.807, 2.05) is 0 Å². The van der Waals surface area contributed by atoms with Gasteiger partial charge in [0.1, 0.15) is 6.04 Å². The number of likely N-dealkylation sites (N-methyl/N-ethyl adjacent to an activating group) is 1. The molecule has 0 bridgehead atoms. The zero-order valence-electron chi connectivity index (χ0n) is 9.03. The first-order chi connectivity index (χ1) is 8.02. The molecule has 2 heterocycles. The number of carboxylic acid groups (broad SMARTS) is 1. The Labute approximate surface area is 96.8 Å². The smallest absolute Gasteiger partial charge is 0.324 e. The molecule has 0 aromatic carbocycles. The highest BCUT2D eigenvalue weighted by molar-refractivity contribution is 6.01. The molecular formula is C10H11N3O4. The predicted molar refractivity (Wildman–Crippen MR) is 57.7 cm³/mol. The maximum atomic E-state index is 11.9. The lowest BCUT2D eigenvalue weighted by Gasteiger charge is -2.32. The standard InChI is InChI=1S/C10H11N3O4/c1-13-8-5(3-2-4-12-8)17-7(9(13)14)6(11)10(15)16/h2-4,6-7H,11H2,1H3,(H,15,16). The number of fused-ring (bicyclic) bond motifs is 1. The van der Waals surface area contributed by atoms with Gasteiger partial charge in [-0.15, -0.1) is 0 Å². The zero-order chi connectivity index (χ0) is 12.6. The van der Waals surface area contributed by atoms with Crippen LogP contribution < -0.4 is 15.4 Å². The first-order valence-corrected chi connectivity index (χ1v) is 4.90. The molecule has 2 atom stereocenters. The number of rotatable bonds is 2. The molecule has 0 saturated carbocycles. The molecule has 0 spiro atoms. The van der Waals surface area contributed by atoms with E-state index >= 15 is 0 Å². The van der Waals surface area contributed by atoms with Crippen LogP contribution in [0.3, 0.4) is 0 Å². The van der Waals surface area contributed by atoms with E-state index in [2.05, 4.69) is 4.98 Å². The summed E-state index contributed by atoms with van der Waals surface area (Å²) in [4.78, 5) is 27.8. The Morgan fingerprint density at radius 3 is 3.06 bits per heavy atom. The number of nitrogens with zero attached hydrogens (tertiary/aromatic N) is 2. The highest BCUT2D eigenvalue weighted by atomic mass is 16.5. The van der Waals surface area contributed by atoms with Crippen LogP contribution in [-0.2, 0) is 9.59 Å². The Morgan fingerprint density at radius 2 is 2.41 bits per heavy atom. The van der Waals surface area contributed by atoms with Crippen LogP contribution in [-0.4, -0.2) is 41.2 Å². The Morgan fingerprint density at radius 1 is 1.71 bits per heavy atom. The molecule has 1 aromatic heterocycles. The third kappa shape index (κ3) is 1.80. The van der Waals surface area contributed by atoms with Crippen LogP contribution in [0.2, 0.25) is 0 Å². The van der Waals surface area contributed by atoms with Gasteiger partial charge in [0, 0.05) is 13.2 Å². The lowest BCUT2D eigenvalue weighted by atomic mass is 10.1. The van der Waals surface area contributed by atoms with E-state index in [0.29, 0.717) is 11.6 Å². The fraction of sp³-hybridized carbons (Fsp3) is 0.300. The number of carbonyl (C=O) groups excluding carboxylic acids is 1. The first-order valence-electron chi connectivity index (χ1n) is 4.90. The van der Waals surface area contributed by atoms with Gasteiger partial charge in [-0.25, -0.2) is 4.98 Å². The summed E-state index contributed by atoms with van der Waals surface area (Å²) >= 11 is 0. The maximum Gasteiger partial charge on any atom is 0.324 e. The van der Waals surface area contributed by atoms with Crippen LogP contribution in [0.1, 0.15) is 0 Å². The Hall–Kier alpha value is -2.15. The van der Waals surface area contributed by atoms with Crippen LogP contribution in [0.15, 0.2) is 18.3 Å². The topological polar surface area (TPSA) is 106 Å². The summed E-state index contributed by atoms with van der Waals surface area (Å²) in [6, 6.07) is 1.83. The molecule has 7 heteroatoms. The number of nitrogens with two attached hydrogens (primary N) is 1. The second-order valence-electron chi connectivity index (χ2n) is 3.62. The molecule has 2 rings (SSSR count). The van der Waals surface area contributed by atoms with E-state index in [1.165, 1.54) is 18.1 Å². The van der Waals surface area contributed by atoms with Gasteiger partial charge >= 0.3 is 5.97 Å². The zero-order valence-corrected chi connectivity index (χ0v) is 9.03. The number of carboxylic acids is 1. The van der Waals surface area contributed by atoms with Crippen LogP contribution in [0.25, 0.3) is 0 Å². The van der Waals surface area contributed by atoms with E-state index in [9.17, 15) is 9.59 Å². The van der Waals surface area contributed by atoms with Crippen LogP contribution >= 0.6 is 0 Å². The second-order valence-corrected chi connectivity index (χ2v) is 3.62. The van der Waals surface area contributed by atoms with E-state index in [0.717, 1.165) is 0 Å². The molecule has 90 valence electrons. The third-order valence-electron chi connectivity index (χ3n) is 2.51. The lowest BCUT2D eigenvalue weighted by Crippen LogP contribution is -2.56. The molecule has 0 saturated heterocycles. The van der Waals surface area contributed by atoms with Crippen molar-refractivity contribution in [3.63, 3.8) is 0 Å². The van der Waals surface area contributed by atoms with Gasteiger partial charge in [0.15, 0.2) is 11.6 Å². The largest absolute Gasteiger partial charge is 0.480 e. The van der Waals surface area contributed by atoms with Gasteiger partial charge in [-0.05, 0) is 12.1 Å². The minimum absolute atomic E-state index is 0.344. The molecule has 3 N–H and O–H groups in total. The number of hydrogen-bond donors (Lipinski definition) is 2. The molecule has 0 fully saturated rings. The molecule has 1 aliphatic heterocycles. The van der Waals surface area contributed by atoms with Crippen molar-refractivity contribution in [1.82, 2.24) is 4.98 Å². The van der Waals surface area contributed by atoms with Crippen molar-refractivity contribution < 1.29 is 19.4 Å². The fourth-order valence-corrected chi connectivity index (χ4v) is 1.56. The van der Waals surface area contributed by atoms with Gasteiger partial charge < -0.3 is 15.6 Å². The van der Waals surface area contributed by atoms with Crippen molar-refractivity contribution in [2.45, 2.75) is 12.1 Å². The highest BCUT2D eigenvalue weighted by Gasteiger charge is 2.40. The molecule has 0 aliphatic carbocycles. The summed E-state index contributed by atoms with van der Waals surface area (Å²) in [5, 5.41) is 8.79. The van der Waals surface area contributed by atoms with Gasteiger partial charge in [-0.3, -0.25) is 14.5 Å². The van der Waals surface area contributed by atoms with Crippen molar-refractivity contribution in [2.24, 2.45) is 5.73 Å². The van der Waals surface area contributed by atoms with E-state index in [-0.39, 0.29) is 0 Å². The number of pyridine rings is 1. The number of aromatic nitrogens is 1. The van der Waals surface area contributed by atoms with Crippen molar-refractivity contribution in [2.75, 3.05) is 11.9 Å². The summed E-state index contributed by atoms with van der Waals surface area (Å²) in [7, 11) is 1.50. The van der Waals surface area contributed by atoms with Gasteiger partial charge in [-0.1, -0.05) is 0 Å². The lowest BCUT2D eigenvalue weighted by molar-refractivity contribution is -0.144. The Bertz CT molecular complexity index is 476. The summed E-state index contributed by atoms with van der Waals surface area (Å²) < 4.78 is 5.28. The molecule has 2 unspecified atom stereocenters. The van der Waals surface area contributed by atoms with Crippen LogP contribution in [0.4, 0.5) is 5.82 Å². The Kier molecular flexibility index (Phi) is 2.68. The van der Waals surface area contributed by atoms with E-state index < -0.39 is 24.0 Å². The number of aliphatic carboxylic acids is 1. The van der Waals surface area contributed by atoms with Crippen molar-refractivity contribution >= 4 is 17.7 Å². The minimum Gasteiger partial charge on any atom is -0.480 e. The summed E-state index contributed by atoms with van der Waals surface area (Å²) in [6.07, 6.45) is 0.290. The summed E-state index contributed by atoms with van der Waals surface area (Å²) in [5.41, 5.74) is 5.41. The Balaban J connectivity index is 2.37.